The molecule has 0 spiro atoms. The van der Waals surface area contributed by atoms with E-state index in [0.29, 0.717) is 17.6 Å². The van der Waals surface area contributed by atoms with Crippen molar-refractivity contribution in [3.05, 3.63) is 77.1 Å². The second-order valence-corrected chi connectivity index (χ2v) is 7.55. The Balaban J connectivity index is 1.94. The zero-order valence-corrected chi connectivity index (χ0v) is 18.7. The van der Waals surface area contributed by atoms with Crippen LogP contribution in [0.25, 0.3) is 5.57 Å². The van der Waals surface area contributed by atoms with Crippen LogP contribution in [0, 0.1) is 11.6 Å². The van der Waals surface area contributed by atoms with Gasteiger partial charge in [-0.1, -0.05) is 13.0 Å². The zero-order chi connectivity index (χ0) is 23.3. The van der Waals surface area contributed by atoms with E-state index in [-0.39, 0.29) is 17.5 Å². The minimum atomic E-state index is -1.02. The van der Waals surface area contributed by atoms with Gasteiger partial charge in [0.1, 0.15) is 12.5 Å². The lowest BCUT2D eigenvalue weighted by atomic mass is 10.0. The summed E-state index contributed by atoms with van der Waals surface area (Å²) in [5.41, 5.74) is 3.93. The maximum atomic E-state index is 14.6. The molecule has 2 aromatic rings. The van der Waals surface area contributed by atoms with Crippen LogP contribution >= 0.6 is 0 Å². The number of aryl methyl sites for hydroxylation is 1. The first-order valence-electron chi connectivity index (χ1n) is 10.4. The topological polar surface area (TPSA) is 53.9 Å². The summed E-state index contributed by atoms with van der Waals surface area (Å²) < 4.78 is 33.7. The Morgan fingerprint density at radius 3 is 2.72 bits per heavy atom. The second kappa shape index (κ2) is 10.2. The summed E-state index contributed by atoms with van der Waals surface area (Å²) in [6, 6.07) is 8.52. The van der Waals surface area contributed by atoms with Crippen molar-refractivity contribution in [2.24, 2.45) is 4.99 Å². The fourth-order valence-electron chi connectivity index (χ4n) is 3.63. The number of carbonyl (C=O) groups is 1. The van der Waals surface area contributed by atoms with Crippen molar-refractivity contribution in [1.29, 1.82) is 0 Å². The summed E-state index contributed by atoms with van der Waals surface area (Å²) in [6.45, 7) is 3.87. The zero-order valence-electron chi connectivity index (χ0n) is 18.7. The third-order valence-corrected chi connectivity index (χ3v) is 5.47. The van der Waals surface area contributed by atoms with E-state index in [2.05, 4.69) is 10.3 Å². The summed E-state index contributed by atoms with van der Waals surface area (Å²) in [5.74, 6) is -2.11. The summed E-state index contributed by atoms with van der Waals surface area (Å²) in [7, 11) is 3.21. The molecule has 1 atom stereocenters. The number of hydrogen-bond donors (Lipinski definition) is 1. The molecular weight excluding hydrogens is 412 g/mol. The number of allylic oxidation sites excluding steroid dienone is 2. The van der Waals surface area contributed by atoms with Crippen LogP contribution in [-0.4, -0.2) is 37.2 Å². The highest BCUT2D eigenvalue weighted by atomic mass is 19.2. The Hall–Kier alpha value is -3.48. The van der Waals surface area contributed by atoms with Gasteiger partial charge in [0.05, 0.1) is 12.8 Å². The van der Waals surface area contributed by atoms with Crippen molar-refractivity contribution in [1.82, 2.24) is 4.90 Å². The number of aldehydes is 1. The Labute approximate surface area is 187 Å². The molecule has 0 saturated carbocycles. The fourth-order valence-corrected chi connectivity index (χ4v) is 3.63. The number of nitrogens with one attached hydrogen (secondary N) is 1. The Kier molecular flexibility index (Phi) is 7.41. The van der Waals surface area contributed by atoms with E-state index in [0.717, 1.165) is 29.7 Å². The smallest absolute Gasteiger partial charge is 0.201 e. The standard InChI is InChI=1S/C25H27F2N3O2/c1-5-17-13-20(9-8-19(17)15-31)29-25-16(2)28-14-18(7-6-12-30(25)3)21-10-11-22(32-4)24(27)23(21)26/h6,8-15,25,29H,5,7H2,1-4H3/b12-6-,18-14+,28-16?. The Bertz CT molecular complexity index is 1090. The van der Waals surface area contributed by atoms with Gasteiger partial charge < -0.3 is 15.0 Å². The molecule has 168 valence electrons. The Morgan fingerprint density at radius 1 is 1.25 bits per heavy atom. The molecule has 1 unspecified atom stereocenters. The minimum Gasteiger partial charge on any atom is -0.494 e. The number of halogens is 2. The van der Waals surface area contributed by atoms with Gasteiger partial charge in [0, 0.05) is 30.1 Å². The van der Waals surface area contributed by atoms with E-state index in [4.69, 9.17) is 4.74 Å². The van der Waals surface area contributed by atoms with Crippen LogP contribution in [0.1, 0.15) is 41.8 Å². The van der Waals surface area contributed by atoms with Crippen LogP contribution in [0.4, 0.5) is 14.5 Å². The summed E-state index contributed by atoms with van der Waals surface area (Å²) in [5, 5.41) is 3.44. The number of nitrogens with zero attached hydrogens (tertiary/aromatic N) is 2. The Morgan fingerprint density at radius 2 is 2.03 bits per heavy atom. The van der Waals surface area contributed by atoms with Crippen molar-refractivity contribution in [3.8, 4) is 5.75 Å². The molecule has 32 heavy (non-hydrogen) atoms. The first-order chi connectivity index (χ1) is 15.4. The number of carbonyl (C=O) groups excluding carboxylic acids is 1. The van der Waals surface area contributed by atoms with Crippen LogP contribution in [0.15, 0.2) is 53.8 Å². The van der Waals surface area contributed by atoms with Gasteiger partial charge in [0.2, 0.25) is 5.82 Å². The lowest BCUT2D eigenvalue weighted by Gasteiger charge is -2.28. The molecule has 7 heteroatoms. The molecule has 0 bridgehead atoms. The predicted molar refractivity (Wildman–Crippen MR) is 124 cm³/mol. The third-order valence-electron chi connectivity index (χ3n) is 5.47. The average molecular weight is 440 g/mol. The van der Waals surface area contributed by atoms with Crippen LogP contribution in [0.5, 0.6) is 5.75 Å². The third kappa shape index (κ3) is 4.88. The molecule has 0 fully saturated rings. The molecule has 0 amide bonds. The fraction of sp³-hybridized carbons (Fsp3) is 0.280. The van der Waals surface area contributed by atoms with E-state index < -0.39 is 11.6 Å². The monoisotopic (exact) mass is 439 g/mol. The first kappa shape index (κ1) is 23.2. The van der Waals surface area contributed by atoms with Gasteiger partial charge >= 0.3 is 0 Å². The molecule has 3 rings (SSSR count). The SMILES string of the molecule is CCc1cc(NC2C(C)=N/C=C(/c3ccc(OC)c(F)c3F)C/C=C\N2C)ccc1C=O. The van der Waals surface area contributed by atoms with Crippen LogP contribution in [0.2, 0.25) is 0 Å². The van der Waals surface area contributed by atoms with Gasteiger partial charge in [-0.25, -0.2) is 4.39 Å². The number of ether oxygens (including phenoxy) is 1. The van der Waals surface area contributed by atoms with Crippen LogP contribution in [0.3, 0.4) is 0 Å². The molecular formula is C25H27F2N3O2. The molecule has 0 radical (unpaired) electrons. The van der Waals surface area contributed by atoms with Gasteiger partial charge in [0.25, 0.3) is 0 Å². The van der Waals surface area contributed by atoms with Crippen molar-refractivity contribution in [2.45, 2.75) is 32.9 Å². The highest BCUT2D eigenvalue weighted by molar-refractivity contribution is 5.91. The second-order valence-electron chi connectivity index (χ2n) is 7.55. The van der Waals surface area contributed by atoms with Gasteiger partial charge in [-0.2, -0.15) is 4.39 Å². The van der Waals surface area contributed by atoms with Crippen molar-refractivity contribution in [3.63, 3.8) is 0 Å². The molecule has 5 nitrogen and oxygen atoms in total. The van der Waals surface area contributed by atoms with Gasteiger partial charge in [0.15, 0.2) is 11.6 Å². The number of methoxy groups -OCH3 is 1. The first-order valence-corrected chi connectivity index (χ1v) is 10.4. The summed E-state index contributed by atoms with van der Waals surface area (Å²) in [6.07, 6.45) is 7.04. The number of benzene rings is 2. The van der Waals surface area contributed by atoms with E-state index in [9.17, 15) is 13.6 Å². The number of aliphatic imine (C=N–C) groups is 1. The molecule has 0 saturated heterocycles. The minimum absolute atomic E-state index is 0.138. The quantitative estimate of drug-likeness (QED) is 0.609. The van der Waals surface area contributed by atoms with E-state index in [1.54, 1.807) is 12.3 Å². The number of rotatable bonds is 6. The lowest BCUT2D eigenvalue weighted by Crippen LogP contribution is -2.40. The molecule has 1 aliphatic heterocycles. The molecule has 0 aromatic heterocycles. The molecule has 1 heterocycles. The predicted octanol–water partition coefficient (Wildman–Crippen LogP) is 5.44. The molecule has 1 aliphatic rings. The molecule has 0 aliphatic carbocycles. The van der Waals surface area contributed by atoms with Gasteiger partial charge in [-0.15, -0.1) is 0 Å². The van der Waals surface area contributed by atoms with Gasteiger partial charge in [-0.05, 0) is 67.4 Å². The van der Waals surface area contributed by atoms with E-state index in [1.807, 2.05) is 50.2 Å². The van der Waals surface area contributed by atoms with E-state index >= 15 is 0 Å². The molecule has 1 N–H and O–H groups in total. The maximum absolute atomic E-state index is 14.6. The summed E-state index contributed by atoms with van der Waals surface area (Å²) >= 11 is 0. The van der Waals surface area contributed by atoms with Crippen LogP contribution < -0.4 is 10.1 Å². The highest BCUT2D eigenvalue weighted by Gasteiger charge is 2.19. The van der Waals surface area contributed by atoms with Crippen LogP contribution in [-0.2, 0) is 6.42 Å². The number of hydrogen-bond acceptors (Lipinski definition) is 5. The molecule has 2 aromatic carbocycles. The average Bonchev–Trinajstić information content (AvgIpc) is 2.86. The number of anilines is 1. The maximum Gasteiger partial charge on any atom is 0.201 e. The summed E-state index contributed by atoms with van der Waals surface area (Å²) in [4.78, 5) is 17.7. The largest absolute Gasteiger partial charge is 0.494 e. The lowest BCUT2D eigenvalue weighted by molar-refractivity contribution is 0.112. The van der Waals surface area contributed by atoms with Crippen molar-refractivity contribution in [2.75, 3.05) is 19.5 Å². The van der Waals surface area contributed by atoms with E-state index in [1.165, 1.54) is 19.2 Å². The normalized spacial score (nSPS) is 19.1. The van der Waals surface area contributed by atoms with Crippen molar-refractivity contribution >= 4 is 23.3 Å². The van der Waals surface area contributed by atoms with Crippen molar-refractivity contribution < 1.29 is 18.3 Å². The van der Waals surface area contributed by atoms with Gasteiger partial charge in [-0.3, -0.25) is 9.79 Å². The highest BCUT2D eigenvalue weighted by Crippen LogP contribution is 2.29.